The van der Waals surface area contributed by atoms with Crippen molar-refractivity contribution in [2.45, 2.75) is 26.3 Å². The van der Waals surface area contributed by atoms with E-state index >= 15 is 0 Å². The van der Waals surface area contributed by atoms with Gasteiger partial charge in [-0.3, -0.25) is 4.79 Å². The van der Waals surface area contributed by atoms with Crippen LogP contribution < -0.4 is 4.74 Å². The predicted molar refractivity (Wildman–Crippen MR) is 85.3 cm³/mol. The molecule has 1 saturated heterocycles. The molecule has 1 aromatic rings. The first kappa shape index (κ1) is 16.0. The van der Waals surface area contributed by atoms with Gasteiger partial charge in [-0.25, -0.2) is 0 Å². The number of ether oxygens (including phenoxy) is 1. The second-order valence-corrected chi connectivity index (χ2v) is 6.18. The normalized spacial score (nSPS) is 20.5. The minimum absolute atomic E-state index is 0.177. The standard InChI is InChI=1S/C17H26N2O2/c1-12-8-13(2)17(16(9-12)21-5)15(20)10-14-11-18(3)6-7-19(14)4/h8-9,14H,6-7,10-11H2,1-5H3. The van der Waals surface area contributed by atoms with E-state index in [0.717, 1.165) is 36.3 Å². The lowest BCUT2D eigenvalue weighted by Gasteiger charge is -2.37. The first-order valence-corrected chi connectivity index (χ1v) is 7.49. The van der Waals surface area contributed by atoms with E-state index in [0.29, 0.717) is 12.2 Å². The summed E-state index contributed by atoms with van der Waals surface area (Å²) in [5.41, 5.74) is 2.86. The Labute approximate surface area is 127 Å². The molecule has 4 heteroatoms. The summed E-state index contributed by atoms with van der Waals surface area (Å²) in [6, 6.07) is 4.27. The molecule has 0 spiro atoms. The Morgan fingerprint density at radius 1 is 1.29 bits per heavy atom. The van der Waals surface area contributed by atoms with Gasteiger partial charge in [0.2, 0.25) is 0 Å². The molecule has 0 aromatic heterocycles. The number of likely N-dealkylation sites (N-methyl/N-ethyl adjacent to an activating group) is 2. The fourth-order valence-electron chi connectivity index (χ4n) is 3.08. The molecule has 2 rings (SSSR count). The zero-order valence-electron chi connectivity index (χ0n) is 13.8. The van der Waals surface area contributed by atoms with Crippen LogP contribution in [0.3, 0.4) is 0 Å². The summed E-state index contributed by atoms with van der Waals surface area (Å²) in [5.74, 6) is 0.876. The van der Waals surface area contributed by atoms with E-state index in [9.17, 15) is 4.79 Å². The lowest BCUT2D eigenvalue weighted by molar-refractivity contribution is 0.0807. The van der Waals surface area contributed by atoms with E-state index in [1.54, 1.807) is 7.11 Å². The molecule has 1 unspecified atom stereocenters. The number of carbonyl (C=O) groups is 1. The van der Waals surface area contributed by atoms with Gasteiger partial charge in [-0.15, -0.1) is 0 Å². The van der Waals surface area contributed by atoms with Gasteiger partial charge in [-0.05, 0) is 45.1 Å². The summed E-state index contributed by atoms with van der Waals surface area (Å²) >= 11 is 0. The molecule has 0 bridgehead atoms. The average Bonchev–Trinajstić information content (AvgIpc) is 2.41. The third kappa shape index (κ3) is 3.63. The Kier molecular flexibility index (Phi) is 5.01. The van der Waals surface area contributed by atoms with Gasteiger partial charge in [0.05, 0.1) is 12.7 Å². The number of methoxy groups -OCH3 is 1. The molecular weight excluding hydrogens is 264 g/mol. The number of benzene rings is 1. The Balaban J connectivity index is 2.20. The van der Waals surface area contributed by atoms with E-state index in [1.165, 1.54) is 0 Å². The van der Waals surface area contributed by atoms with E-state index < -0.39 is 0 Å². The van der Waals surface area contributed by atoms with Crippen LogP contribution >= 0.6 is 0 Å². The van der Waals surface area contributed by atoms with Crippen molar-refractivity contribution in [3.8, 4) is 5.75 Å². The molecule has 1 aliphatic heterocycles. The first-order chi connectivity index (χ1) is 9.92. The molecule has 116 valence electrons. The van der Waals surface area contributed by atoms with Gasteiger partial charge in [0, 0.05) is 32.1 Å². The fraction of sp³-hybridized carbons (Fsp3) is 0.588. The summed E-state index contributed by atoms with van der Waals surface area (Å²) in [6.45, 7) is 7.02. The lowest BCUT2D eigenvalue weighted by atomic mass is 9.95. The molecular formula is C17H26N2O2. The van der Waals surface area contributed by atoms with E-state index in [2.05, 4.69) is 23.9 Å². The number of rotatable bonds is 4. The highest BCUT2D eigenvalue weighted by atomic mass is 16.5. The zero-order valence-corrected chi connectivity index (χ0v) is 13.8. The molecule has 1 fully saturated rings. The number of piperazine rings is 1. The van der Waals surface area contributed by atoms with Crippen LogP contribution in [0.2, 0.25) is 0 Å². The van der Waals surface area contributed by atoms with Crippen molar-refractivity contribution in [2.75, 3.05) is 40.8 Å². The molecule has 21 heavy (non-hydrogen) atoms. The molecule has 0 amide bonds. The zero-order chi connectivity index (χ0) is 15.6. The minimum Gasteiger partial charge on any atom is -0.496 e. The number of aryl methyl sites for hydroxylation is 2. The van der Waals surface area contributed by atoms with Crippen molar-refractivity contribution in [2.24, 2.45) is 0 Å². The maximum atomic E-state index is 12.8. The van der Waals surface area contributed by atoms with Crippen LogP contribution in [0.25, 0.3) is 0 Å². The first-order valence-electron chi connectivity index (χ1n) is 7.49. The predicted octanol–water partition coefficient (Wildman–Crippen LogP) is 2.13. The average molecular weight is 290 g/mol. The molecule has 0 N–H and O–H groups in total. The van der Waals surface area contributed by atoms with E-state index in [-0.39, 0.29) is 11.8 Å². The summed E-state index contributed by atoms with van der Waals surface area (Å²) in [5, 5.41) is 0. The van der Waals surface area contributed by atoms with Gasteiger partial charge >= 0.3 is 0 Å². The van der Waals surface area contributed by atoms with Crippen LogP contribution in [0.15, 0.2) is 12.1 Å². The Morgan fingerprint density at radius 3 is 2.67 bits per heavy atom. The van der Waals surface area contributed by atoms with E-state index in [4.69, 9.17) is 4.74 Å². The fourth-order valence-corrected chi connectivity index (χ4v) is 3.08. The second kappa shape index (κ2) is 6.58. The highest BCUT2D eigenvalue weighted by Gasteiger charge is 2.26. The quantitative estimate of drug-likeness (QED) is 0.795. The number of nitrogens with zero attached hydrogens (tertiary/aromatic N) is 2. The van der Waals surface area contributed by atoms with Gasteiger partial charge in [0.1, 0.15) is 5.75 Å². The highest BCUT2D eigenvalue weighted by molar-refractivity contribution is 6.00. The van der Waals surface area contributed by atoms with Crippen molar-refractivity contribution in [1.82, 2.24) is 9.80 Å². The van der Waals surface area contributed by atoms with Crippen LogP contribution in [-0.4, -0.2) is 62.5 Å². The smallest absolute Gasteiger partial charge is 0.168 e. The maximum Gasteiger partial charge on any atom is 0.168 e. The van der Waals surface area contributed by atoms with Crippen molar-refractivity contribution in [3.05, 3.63) is 28.8 Å². The third-order valence-electron chi connectivity index (χ3n) is 4.34. The molecule has 0 aliphatic carbocycles. The van der Waals surface area contributed by atoms with Gasteiger partial charge in [0.15, 0.2) is 5.78 Å². The second-order valence-electron chi connectivity index (χ2n) is 6.18. The molecule has 0 radical (unpaired) electrons. The van der Waals surface area contributed by atoms with Gasteiger partial charge in [-0.2, -0.15) is 0 Å². The molecule has 0 saturated carbocycles. The van der Waals surface area contributed by atoms with Crippen molar-refractivity contribution < 1.29 is 9.53 Å². The van der Waals surface area contributed by atoms with Gasteiger partial charge in [-0.1, -0.05) is 6.07 Å². The maximum absolute atomic E-state index is 12.8. The number of hydrogen-bond donors (Lipinski definition) is 0. The summed E-state index contributed by atoms with van der Waals surface area (Å²) in [6.07, 6.45) is 0.543. The molecule has 1 heterocycles. The largest absolute Gasteiger partial charge is 0.496 e. The Morgan fingerprint density at radius 2 is 2.00 bits per heavy atom. The van der Waals surface area contributed by atoms with Crippen LogP contribution in [0, 0.1) is 13.8 Å². The van der Waals surface area contributed by atoms with Gasteiger partial charge in [0.25, 0.3) is 0 Å². The van der Waals surface area contributed by atoms with Crippen molar-refractivity contribution >= 4 is 5.78 Å². The molecule has 1 aromatic carbocycles. The van der Waals surface area contributed by atoms with Gasteiger partial charge < -0.3 is 14.5 Å². The van der Waals surface area contributed by atoms with Crippen LogP contribution in [0.1, 0.15) is 27.9 Å². The number of Topliss-reactive ketones (excluding diaryl/α,β-unsaturated/α-hetero) is 1. The van der Waals surface area contributed by atoms with Crippen molar-refractivity contribution in [1.29, 1.82) is 0 Å². The Hall–Kier alpha value is -1.39. The van der Waals surface area contributed by atoms with Crippen LogP contribution in [-0.2, 0) is 0 Å². The summed E-state index contributed by atoms with van der Waals surface area (Å²) in [7, 11) is 5.85. The number of carbonyl (C=O) groups excluding carboxylic acids is 1. The van der Waals surface area contributed by atoms with Crippen LogP contribution in [0.5, 0.6) is 5.75 Å². The monoisotopic (exact) mass is 290 g/mol. The molecule has 4 nitrogen and oxygen atoms in total. The molecule has 1 aliphatic rings. The van der Waals surface area contributed by atoms with E-state index in [1.807, 2.05) is 26.0 Å². The Bertz CT molecular complexity index is 528. The van der Waals surface area contributed by atoms with Crippen LogP contribution in [0.4, 0.5) is 0 Å². The SMILES string of the molecule is COc1cc(C)cc(C)c1C(=O)CC1CN(C)CCN1C. The number of hydrogen-bond acceptors (Lipinski definition) is 4. The lowest BCUT2D eigenvalue weighted by Crippen LogP contribution is -2.50. The molecule has 1 atom stereocenters. The third-order valence-corrected chi connectivity index (χ3v) is 4.34. The highest BCUT2D eigenvalue weighted by Crippen LogP contribution is 2.26. The summed E-state index contributed by atoms with van der Waals surface area (Å²) in [4.78, 5) is 17.3. The van der Waals surface area contributed by atoms with Crippen molar-refractivity contribution in [3.63, 3.8) is 0 Å². The summed E-state index contributed by atoms with van der Waals surface area (Å²) < 4.78 is 5.42. The topological polar surface area (TPSA) is 32.8 Å². The number of ketones is 1. The minimum atomic E-state index is 0.177.